The number of nitriles is 1. The fourth-order valence-electron chi connectivity index (χ4n) is 2.00. The molecular weight excluding hydrogens is 356 g/mol. The molecule has 0 aromatic heterocycles. The molecule has 0 atom stereocenters. The Balaban J connectivity index is 1.93. The number of anilines is 1. The van der Waals surface area contributed by atoms with E-state index in [1.165, 1.54) is 12.1 Å². The van der Waals surface area contributed by atoms with E-state index in [1.807, 2.05) is 6.07 Å². The van der Waals surface area contributed by atoms with Crippen LogP contribution in [0.15, 0.2) is 42.5 Å². The maximum atomic E-state index is 12.5. The summed E-state index contributed by atoms with van der Waals surface area (Å²) in [5.41, 5.74) is 0.672. The second kappa shape index (κ2) is 9.36. The normalized spacial score (nSPS) is 10.5. The standard InChI is InChI=1S/C17H14F4N2O3/c18-16(19)25-13-5-6-14(15(9-13)26-17(20)21)23-7-8-24-12-3-1-11(10-22)2-4-12/h1-6,9,16-17,23H,7-8H2. The summed E-state index contributed by atoms with van der Waals surface area (Å²) in [7, 11) is 0. The van der Waals surface area contributed by atoms with Gasteiger partial charge in [0.2, 0.25) is 0 Å². The van der Waals surface area contributed by atoms with Gasteiger partial charge in [0.1, 0.15) is 18.1 Å². The monoisotopic (exact) mass is 370 g/mol. The average Bonchev–Trinajstić information content (AvgIpc) is 2.59. The number of benzene rings is 2. The lowest BCUT2D eigenvalue weighted by atomic mass is 10.2. The molecule has 26 heavy (non-hydrogen) atoms. The van der Waals surface area contributed by atoms with Crippen molar-refractivity contribution in [2.24, 2.45) is 0 Å². The highest BCUT2D eigenvalue weighted by Gasteiger charge is 2.13. The van der Waals surface area contributed by atoms with E-state index in [0.717, 1.165) is 6.07 Å². The van der Waals surface area contributed by atoms with Gasteiger partial charge in [0.25, 0.3) is 0 Å². The van der Waals surface area contributed by atoms with Crippen LogP contribution in [0.3, 0.4) is 0 Å². The summed E-state index contributed by atoms with van der Waals surface area (Å²) in [6.07, 6.45) is 0. The molecule has 1 N–H and O–H groups in total. The topological polar surface area (TPSA) is 63.5 Å². The molecule has 0 bridgehead atoms. The Hall–Kier alpha value is -3.15. The lowest BCUT2D eigenvalue weighted by molar-refractivity contribution is -0.0539. The smallest absolute Gasteiger partial charge is 0.387 e. The first kappa shape index (κ1) is 19.2. The summed E-state index contributed by atoms with van der Waals surface area (Å²) in [4.78, 5) is 0. The molecule has 0 saturated carbocycles. The van der Waals surface area contributed by atoms with Crippen LogP contribution >= 0.6 is 0 Å². The largest absolute Gasteiger partial charge is 0.492 e. The van der Waals surface area contributed by atoms with Crippen molar-refractivity contribution in [2.75, 3.05) is 18.5 Å². The molecule has 0 aliphatic rings. The van der Waals surface area contributed by atoms with Gasteiger partial charge < -0.3 is 19.5 Å². The van der Waals surface area contributed by atoms with E-state index in [4.69, 9.17) is 10.00 Å². The second-order valence-corrected chi connectivity index (χ2v) is 4.83. The molecule has 0 fully saturated rings. The predicted octanol–water partition coefficient (Wildman–Crippen LogP) is 4.25. The van der Waals surface area contributed by atoms with Gasteiger partial charge in [-0.3, -0.25) is 0 Å². The van der Waals surface area contributed by atoms with E-state index in [0.29, 0.717) is 11.3 Å². The van der Waals surface area contributed by atoms with Gasteiger partial charge in [0, 0.05) is 12.6 Å². The molecule has 0 saturated heterocycles. The molecule has 0 aliphatic carbocycles. The van der Waals surface area contributed by atoms with Crippen LogP contribution in [0.2, 0.25) is 0 Å². The molecule has 0 heterocycles. The fourth-order valence-corrected chi connectivity index (χ4v) is 2.00. The van der Waals surface area contributed by atoms with Gasteiger partial charge >= 0.3 is 13.2 Å². The van der Waals surface area contributed by atoms with E-state index in [1.54, 1.807) is 24.3 Å². The first-order valence-corrected chi connectivity index (χ1v) is 7.38. The Bertz CT molecular complexity index is 749. The highest BCUT2D eigenvalue weighted by molar-refractivity contribution is 5.59. The van der Waals surface area contributed by atoms with Gasteiger partial charge in [0.05, 0.1) is 17.3 Å². The Morgan fingerprint density at radius 2 is 1.58 bits per heavy atom. The van der Waals surface area contributed by atoms with Crippen molar-refractivity contribution in [2.45, 2.75) is 13.2 Å². The van der Waals surface area contributed by atoms with Crippen molar-refractivity contribution < 1.29 is 31.8 Å². The number of alkyl halides is 4. The minimum Gasteiger partial charge on any atom is -0.492 e. The van der Waals surface area contributed by atoms with Crippen molar-refractivity contribution in [1.29, 1.82) is 5.26 Å². The molecule has 2 aromatic rings. The molecule has 0 spiro atoms. The summed E-state index contributed by atoms with van der Waals surface area (Å²) in [5, 5.41) is 11.5. The quantitative estimate of drug-likeness (QED) is 0.528. The maximum absolute atomic E-state index is 12.5. The number of hydrogen-bond donors (Lipinski definition) is 1. The zero-order chi connectivity index (χ0) is 18.9. The number of halogens is 4. The molecular formula is C17H14F4N2O3. The van der Waals surface area contributed by atoms with Gasteiger partial charge in [-0.1, -0.05) is 0 Å². The van der Waals surface area contributed by atoms with Gasteiger partial charge in [-0.25, -0.2) is 0 Å². The van der Waals surface area contributed by atoms with E-state index in [2.05, 4.69) is 14.8 Å². The molecule has 0 unspecified atom stereocenters. The van der Waals surface area contributed by atoms with E-state index < -0.39 is 13.2 Å². The SMILES string of the molecule is N#Cc1ccc(OCCNc2ccc(OC(F)F)cc2OC(F)F)cc1. The lowest BCUT2D eigenvalue weighted by Crippen LogP contribution is -2.13. The van der Waals surface area contributed by atoms with Crippen molar-refractivity contribution in [3.63, 3.8) is 0 Å². The first-order chi connectivity index (χ1) is 12.5. The minimum absolute atomic E-state index is 0.176. The van der Waals surface area contributed by atoms with Crippen LogP contribution in [0.4, 0.5) is 23.2 Å². The van der Waals surface area contributed by atoms with Crippen molar-refractivity contribution in [3.05, 3.63) is 48.0 Å². The summed E-state index contributed by atoms with van der Waals surface area (Å²) >= 11 is 0. The Labute approximate surface area is 146 Å². The van der Waals surface area contributed by atoms with E-state index in [9.17, 15) is 17.6 Å². The van der Waals surface area contributed by atoms with Gasteiger partial charge in [-0.2, -0.15) is 22.8 Å². The zero-order valence-corrected chi connectivity index (χ0v) is 13.3. The highest BCUT2D eigenvalue weighted by atomic mass is 19.3. The summed E-state index contributed by atoms with van der Waals surface area (Å²) in [6.45, 7) is -5.77. The minimum atomic E-state index is -3.12. The predicted molar refractivity (Wildman–Crippen MR) is 84.8 cm³/mol. The van der Waals surface area contributed by atoms with Crippen LogP contribution < -0.4 is 19.5 Å². The van der Waals surface area contributed by atoms with Crippen molar-refractivity contribution in [1.82, 2.24) is 0 Å². The third-order valence-corrected chi connectivity index (χ3v) is 3.06. The van der Waals surface area contributed by atoms with Crippen LogP contribution in [0.25, 0.3) is 0 Å². The molecule has 5 nitrogen and oxygen atoms in total. The molecule has 2 rings (SSSR count). The molecule has 9 heteroatoms. The maximum Gasteiger partial charge on any atom is 0.387 e. The van der Waals surface area contributed by atoms with Gasteiger partial charge in [-0.15, -0.1) is 0 Å². The van der Waals surface area contributed by atoms with Crippen LogP contribution in [-0.2, 0) is 0 Å². The molecule has 138 valence electrons. The van der Waals surface area contributed by atoms with Crippen molar-refractivity contribution in [3.8, 4) is 23.3 Å². The summed E-state index contributed by atoms with van der Waals surface area (Å²) in [6, 6.07) is 11.9. The summed E-state index contributed by atoms with van der Waals surface area (Å²) in [5.74, 6) is -0.0814. The third kappa shape index (κ3) is 6.05. The summed E-state index contributed by atoms with van der Waals surface area (Å²) < 4.78 is 63.3. The van der Waals surface area contributed by atoms with Gasteiger partial charge in [-0.05, 0) is 36.4 Å². The fraction of sp³-hybridized carbons (Fsp3) is 0.235. The van der Waals surface area contributed by atoms with E-state index >= 15 is 0 Å². The molecule has 2 aromatic carbocycles. The van der Waals surface area contributed by atoms with E-state index in [-0.39, 0.29) is 30.3 Å². The van der Waals surface area contributed by atoms with Crippen LogP contribution in [-0.4, -0.2) is 26.4 Å². The Morgan fingerprint density at radius 1 is 0.923 bits per heavy atom. The molecule has 0 amide bonds. The number of hydrogen-bond acceptors (Lipinski definition) is 5. The number of ether oxygens (including phenoxy) is 3. The highest BCUT2D eigenvalue weighted by Crippen LogP contribution is 2.31. The zero-order valence-electron chi connectivity index (χ0n) is 13.3. The number of nitrogens with zero attached hydrogens (tertiary/aromatic N) is 1. The van der Waals surface area contributed by atoms with Crippen molar-refractivity contribution >= 4 is 5.69 Å². The average molecular weight is 370 g/mol. The van der Waals surface area contributed by atoms with Crippen LogP contribution in [0, 0.1) is 11.3 Å². The van der Waals surface area contributed by atoms with Crippen LogP contribution in [0.1, 0.15) is 5.56 Å². The number of rotatable bonds is 9. The second-order valence-electron chi connectivity index (χ2n) is 4.83. The Kier molecular flexibility index (Phi) is 6.91. The lowest BCUT2D eigenvalue weighted by Gasteiger charge is -2.15. The first-order valence-electron chi connectivity index (χ1n) is 7.38. The van der Waals surface area contributed by atoms with Crippen LogP contribution in [0.5, 0.6) is 17.2 Å². The Morgan fingerprint density at radius 3 is 2.19 bits per heavy atom. The molecule has 0 aliphatic heterocycles. The van der Waals surface area contributed by atoms with Gasteiger partial charge in [0.15, 0.2) is 5.75 Å². The molecule has 0 radical (unpaired) electrons. The number of nitrogens with one attached hydrogen (secondary N) is 1. The third-order valence-electron chi connectivity index (χ3n) is 3.06.